The van der Waals surface area contributed by atoms with Crippen molar-refractivity contribution in [1.82, 2.24) is 0 Å². The smallest absolute Gasteiger partial charge is 0.284 e. The Morgan fingerprint density at radius 1 is 0.952 bits per heavy atom. The van der Waals surface area contributed by atoms with E-state index in [0.29, 0.717) is 16.8 Å². The summed E-state index contributed by atoms with van der Waals surface area (Å²) in [5, 5.41) is 0. The maximum absolute atomic E-state index is 12.7. The van der Waals surface area contributed by atoms with Crippen LogP contribution in [0.25, 0.3) is 11.1 Å². The molecule has 0 radical (unpaired) electrons. The van der Waals surface area contributed by atoms with Crippen LogP contribution in [-0.2, 0) is 16.2 Å². The molecule has 0 unspecified atom stereocenters. The number of sulfonamides is 1. The molecule has 0 saturated heterocycles. The van der Waals surface area contributed by atoms with Crippen LogP contribution >= 0.6 is 0 Å². The summed E-state index contributed by atoms with van der Waals surface area (Å²) < 4.78 is 62.4. The van der Waals surface area contributed by atoms with Crippen LogP contribution in [0.4, 0.5) is 18.9 Å². The SMILES string of the molecule is CS(=O)(=O)Nc1ccc(-c2cccc(C(F)(F)F)c2)cc1. The second-order valence-corrected chi connectivity index (χ2v) is 6.28. The van der Waals surface area contributed by atoms with Crippen molar-refractivity contribution in [3.8, 4) is 11.1 Å². The van der Waals surface area contributed by atoms with Crippen LogP contribution in [0.2, 0.25) is 0 Å². The largest absolute Gasteiger partial charge is 0.416 e. The highest BCUT2D eigenvalue weighted by Crippen LogP contribution is 2.32. The number of benzene rings is 2. The number of rotatable bonds is 3. The normalized spacial score (nSPS) is 12.2. The monoisotopic (exact) mass is 315 g/mol. The Morgan fingerprint density at radius 3 is 2.10 bits per heavy atom. The van der Waals surface area contributed by atoms with Crippen molar-refractivity contribution in [3.05, 3.63) is 54.1 Å². The molecule has 2 aromatic rings. The first kappa shape index (κ1) is 15.4. The molecule has 0 heterocycles. The van der Waals surface area contributed by atoms with E-state index < -0.39 is 21.8 Å². The molecular formula is C14H12F3NO2S. The molecular weight excluding hydrogens is 303 g/mol. The summed E-state index contributed by atoms with van der Waals surface area (Å²) in [7, 11) is -3.38. The Kier molecular flexibility index (Phi) is 3.95. The zero-order valence-electron chi connectivity index (χ0n) is 11.0. The fraction of sp³-hybridized carbons (Fsp3) is 0.143. The van der Waals surface area contributed by atoms with Gasteiger partial charge in [-0.2, -0.15) is 13.2 Å². The van der Waals surface area contributed by atoms with Gasteiger partial charge >= 0.3 is 6.18 Å². The van der Waals surface area contributed by atoms with Crippen LogP contribution in [0, 0.1) is 0 Å². The average molecular weight is 315 g/mol. The Labute approximate surface area is 120 Å². The van der Waals surface area contributed by atoms with Crippen LogP contribution < -0.4 is 4.72 Å². The van der Waals surface area contributed by atoms with Crippen molar-refractivity contribution < 1.29 is 21.6 Å². The quantitative estimate of drug-likeness (QED) is 0.938. The van der Waals surface area contributed by atoms with E-state index in [-0.39, 0.29) is 0 Å². The third kappa shape index (κ3) is 4.22. The van der Waals surface area contributed by atoms with Crippen LogP contribution in [0.3, 0.4) is 0 Å². The number of hydrogen-bond donors (Lipinski definition) is 1. The number of hydrogen-bond acceptors (Lipinski definition) is 2. The molecule has 0 spiro atoms. The van der Waals surface area contributed by atoms with Gasteiger partial charge in [0.15, 0.2) is 0 Å². The number of alkyl halides is 3. The Bertz CT molecular complexity index is 738. The molecule has 0 aliphatic carbocycles. The Hall–Kier alpha value is -2.02. The lowest BCUT2D eigenvalue weighted by atomic mass is 10.0. The van der Waals surface area contributed by atoms with Gasteiger partial charge in [-0.1, -0.05) is 24.3 Å². The number of nitrogens with one attached hydrogen (secondary N) is 1. The summed E-state index contributed by atoms with van der Waals surface area (Å²) >= 11 is 0. The molecule has 2 aromatic carbocycles. The molecule has 112 valence electrons. The van der Waals surface area contributed by atoms with Gasteiger partial charge < -0.3 is 0 Å². The molecule has 0 bridgehead atoms. The summed E-state index contributed by atoms with van der Waals surface area (Å²) in [6.45, 7) is 0. The van der Waals surface area contributed by atoms with Gasteiger partial charge in [0.25, 0.3) is 0 Å². The second kappa shape index (κ2) is 5.40. The highest BCUT2D eigenvalue weighted by atomic mass is 32.2. The van der Waals surface area contributed by atoms with Gasteiger partial charge in [0.05, 0.1) is 11.8 Å². The summed E-state index contributed by atoms with van der Waals surface area (Å²) in [4.78, 5) is 0. The van der Waals surface area contributed by atoms with Gasteiger partial charge in [-0.15, -0.1) is 0 Å². The van der Waals surface area contributed by atoms with E-state index in [1.165, 1.54) is 18.2 Å². The minimum atomic E-state index is -4.40. The highest BCUT2D eigenvalue weighted by molar-refractivity contribution is 7.92. The molecule has 1 N–H and O–H groups in total. The molecule has 0 aromatic heterocycles. The second-order valence-electron chi connectivity index (χ2n) is 4.53. The molecule has 0 atom stereocenters. The van der Waals surface area contributed by atoms with E-state index in [2.05, 4.69) is 4.72 Å². The number of anilines is 1. The average Bonchev–Trinajstić information content (AvgIpc) is 2.37. The van der Waals surface area contributed by atoms with Gasteiger partial charge in [0.2, 0.25) is 10.0 Å². The minimum absolute atomic E-state index is 0.355. The van der Waals surface area contributed by atoms with Crippen molar-refractivity contribution in [1.29, 1.82) is 0 Å². The van der Waals surface area contributed by atoms with Crippen molar-refractivity contribution in [2.24, 2.45) is 0 Å². The fourth-order valence-electron chi connectivity index (χ4n) is 1.82. The lowest BCUT2D eigenvalue weighted by molar-refractivity contribution is -0.137. The van der Waals surface area contributed by atoms with E-state index in [9.17, 15) is 21.6 Å². The molecule has 3 nitrogen and oxygen atoms in total. The van der Waals surface area contributed by atoms with Crippen molar-refractivity contribution in [3.63, 3.8) is 0 Å². The third-order valence-corrected chi connectivity index (χ3v) is 3.32. The van der Waals surface area contributed by atoms with Gasteiger partial charge in [-0.3, -0.25) is 4.72 Å². The lowest BCUT2D eigenvalue weighted by Crippen LogP contribution is -2.09. The third-order valence-electron chi connectivity index (χ3n) is 2.71. The van der Waals surface area contributed by atoms with Gasteiger partial charge in [0.1, 0.15) is 0 Å². The van der Waals surface area contributed by atoms with Crippen LogP contribution in [-0.4, -0.2) is 14.7 Å². The van der Waals surface area contributed by atoms with E-state index in [1.807, 2.05) is 0 Å². The fourth-order valence-corrected chi connectivity index (χ4v) is 2.38. The Morgan fingerprint density at radius 2 is 1.57 bits per heavy atom. The zero-order valence-corrected chi connectivity index (χ0v) is 11.8. The molecule has 0 fully saturated rings. The highest BCUT2D eigenvalue weighted by Gasteiger charge is 2.30. The van der Waals surface area contributed by atoms with Crippen LogP contribution in [0.5, 0.6) is 0 Å². The van der Waals surface area contributed by atoms with E-state index in [0.717, 1.165) is 18.4 Å². The molecule has 0 saturated carbocycles. The summed E-state index contributed by atoms with van der Waals surface area (Å²) in [6.07, 6.45) is -3.37. The van der Waals surface area contributed by atoms with E-state index in [1.54, 1.807) is 18.2 Å². The van der Waals surface area contributed by atoms with Crippen LogP contribution in [0.1, 0.15) is 5.56 Å². The predicted molar refractivity (Wildman–Crippen MR) is 75.3 cm³/mol. The minimum Gasteiger partial charge on any atom is -0.284 e. The first-order valence-corrected chi connectivity index (χ1v) is 7.80. The topological polar surface area (TPSA) is 46.2 Å². The molecule has 0 aliphatic heterocycles. The summed E-state index contributed by atoms with van der Waals surface area (Å²) in [5.41, 5.74) is 0.613. The van der Waals surface area contributed by atoms with Crippen molar-refractivity contribution in [2.45, 2.75) is 6.18 Å². The van der Waals surface area contributed by atoms with Gasteiger partial charge in [-0.05, 0) is 35.4 Å². The lowest BCUT2D eigenvalue weighted by Gasteiger charge is -2.09. The molecule has 0 amide bonds. The first-order valence-electron chi connectivity index (χ1n) is 5.91. The van der Waals surface area contributed by atoms with Gasteiger partial charge in [-0.25, -0.2) is 8.42 Å². The maximum atomic E-state index is 12.7. The van der Waals surface area contributed by atoms with Crippen molar-refractivity contribution >= 4 is 15.7 Å². The predicted octanol–water partition coefficient (Wildman–Crippen LogP) is 3.74. The standard InChI is InChI=1S/C14H12F3NO2S/c1-21(19,20)18-13-7-5-10(6-8-13)11-3-2-4-12(9-11)14(15,16)17/h2-9,18H,1H3. The van der Waals surface area contributed by atoms with Gasteiger partial charge in [0, 0.05) is 5.69 Å². The van der Waals surface area contributed by atoms with E-state index in [4.69, 9.17) is 0 Å². The molecule has 7 heteroatoms. The summed E-state index contributed by atoms with van der Waals surface area (Å²) in [6, 6.07) is 11.1. The first-order chi connectivity index (χ1) is 9.65. The van der Waals surface area contributed by atoms with E-state index >= 15 is 0 Å². The maximum Gasteiger partial charge on any atom is 0.416 e. The number of halogens is 3. The molecule has 0 aliphatic rings. The molecule has 2 rings (SSSR count). The van der Waals surface area contributed by atoms with Crippen molar-refractivity contribution in [2.75, 3.05) is 11.0 Å². The summed E-state index contributed by atoms with van der Waals surface area (Å²) in [5.74, 6) is 0. The Balaban J connectivity index is 2.31. The zero-order chi connectivity index (χ0) is 15.7. The molecule has 21 heavy (non-hydrogen) atoms. The van der Waals surface area contributed by atoms with Crippen LogP contribution in [0.15, 0.2) is 48.5 Å².